The summed E-state index contributed by atoms with van der Waals surface area (Å²) in [4.78, 5) is 23.3. The minimum absolute atomic E-state index is 0.00907. The van der Waals surface area contributed by atoms with E-state index in [9.17, 15) is 9.59 Å². The number of methoxy groups -OCH3 is 1. The Labute approximate surface area is 107 Å². The molecule has 0 saturated heterocycles. The number of hydrogen-bond donors (Lipinski definition) is 0. The molecule has 0 bridgehead atoms. The minimum atomic E-state index is 0.00907. The molecule has 0 fully saturated rings. The Morgan fingerprint density at radius 2 is 2.22 bits per heavy atom. The predicted molar refractivity (Wildman–Crippen MR) is 69.1 cm³/mol. The Kier molecular flexibility index (Phi) is 3.80. The standard InChI is InChI=1S/C15H18O3/c1-10(16)3-4-11-5-6-12-9-13(18-2)7-8-14(12)15(11)17/h7-9,11H,3-6H2,1-2H3/t11-/m0/s1. The smallest absolute Gasteiger partial charge is 0.166 e. The number of carbonyl (C=O) groups excluding carboxylic acids is 2. The summed E-state index contributed by atoms with van der Waals surface area (Å²) in [7, 11) is 1.63. The first kappa shape index (κ1) is 12.8. The zero-order valence-electron chi connectivity index (χ0n) is 10.9. The van der Waals surface area contributed by atoms with E-state index in [4.69, 9.17) is 4.74 Å². The van der Waals surface area contributed by atoms with Crippen LogP contribution >= 0.6 is 0 Å². The molecule has 18 heavy (non-hydrogen) atoms. The lowest BCUT2D eigenvalue weighted by atomic mass is 9.80. The summed E-state index contributed by atoms with van der Waals surface area (Å²) in [6, 6.07) is 5.61. The van der Waals surface area contributed by atoms with E-state index in [1.165, 1.54) is 0 Å². The van der Waals surface area contributed by atoms with E-state index in [1.54, 1.807) is 14.0 Å². The average Bonchev–Trinajstić information content (AvgIpc) is 2.37. The molecule has 1 aliphatic rings. The topological polar surface area (TPSA) is 43.4 Å². The Bertz CT molecular complexity index is 477. The summed E-state index contributed by atoms with van der Waals surface area (Å²) in [6.07, 6.45) is 2.91. The van der Waals surface area contributed by atoms with Crippen molar-refractivity contribution in [3.05, 3.63) is 29.3 Å². The van der Waals surface area contributed by atoms with Crippen molar-refractivity contribution in [2.24, 2.45) is 5.92 Å². The summed E-state index contributed by atoms with van der Waals surface area (Å²) in [6.45, 7) is 1.58. The van der Waals surface area contributed by atoms with Crippen molar-refractivity contribution in [2.75, 3.05) is 7.11 Å². The largest absolute Gasteiger partial charge is 0.497 e. The molecule has 0 heterocycles. The van der Waals surface area contributed by atoms with E-state index < -0.39 is 0 Å². The summed E-state index contributed by atoms with van der Waals surface area (Å²) in [5.41, 5.74) is 1.87. The summed E-state index contributed by atoms with van der Waals surface area (Å²) >= 11 is 0. The van der Waals surface area contributed by atoms with Crippen molar-refractivity contribution in [3.63, 3.8) is 0 Å². The number of Topliss-reactive ketones (excluding diaryl/α,β-unsaturated/α-hetero) is 2. The van der Waals surface area contributed by atoms with Crippen molar-refractivity contribution in [2.45, 2.75) is 32.6 Å². The van der Waals surface area contributed by atoms with Crippen LogP contribution in [0.1, 0.15) is 42.1 Å². The lowest BCUT2D eigenvalue weighted by Crippen LogP contribution is -2.23. The Morgan fingerprint density at radius 1 is 1.44 bits per heavy atom. The van der Waals surface area contributed by atoms with E-state index in [2.05, 4.69) is 0 Å². The first-order valence-electron chi connectivity index (χ1n) is 6.32. The highest BCUT2D eigenvalue weighted by molar-refractivity contribution is 6.00. The van der Waals surface area contributed by atoms with Gasteiger partial charge >= 0.3 is 0 Å². The highest BCUT2D eigenvalue weighted by atomic mass is 16.5. The maximum atomic E-state index is 12.3. The van der Waals surface area contributed by atoms with Crippen LogP contribution in [0, 0.1) is 5.92 Å². The van der Waals surface area contributed by atoms with E-state index in [0.717, 1.165) is 29.7 Å². The molecule has 0 aromatic heterocycles. The molecule has 1 aliphatic carbocycles. The molecule has 0 amide bonds. The van der Waals surface area contributed by atoms with Crippen LogP contribution in [0.2, 0.25) is 0 Å². The number of rotatable bonds is 4. The quantitative estimate of drug-likeness (QED) is 0.820. The molecule has 1 aromatic rings. The zero-order chi connectivity index (χ0) is 13.1. The molecule has 3 nitrogen and oxygen atoms in total. The maximum Gasteiger partial charge on any atom is 0.166 e. The Morgan fingerprint density at radius 3 is 2.89 bits per heavy atom. The number of aryl methyl sites for hydroxylation is 1. The molecular formula is C15H18O3. The van der Waals surface area contributed by atoms with Crippen LogP contribution in [0.25, 0.3) is 0 Å². The highest BCUT2D eigenvalue weighted by Crippen LogP contribution is 2.30. The van der Waals surface area contributed by atoms with Crippen LogP contribution in [-0.4, -0.2) is 18.7 Å². The van der Waals surface area contributed by atoms with E-state index >= 15 is 0 Å². The van der Waals surface area contributed by atoms with Crippen LogP contribution in [0.4, 0.5) is 0 Å². The number of ketones is 2. The van der Waals surface area contributed by atoms with Crippen molar-refractivity contribution >= 4 is 11.6 Å². The third-order valence-corrected chi connectivity index (χ3v) is 3.56. The molecule has 0 radical (unpaired) electrons. The second-order valence-electron chi connectivity index (χ2n) is 4.86. The third kappa shape index (κ3) is 2.61. The van der Waals surface area contributed by atoms with Gasteiger partial charge in [-0.3, -0.25) is 4.79 Å². The first-order valence-corrected chi connectivity index (χ1v) is 6.32. The van der Waals surface area contributed by atoms with Gasteiger partial charge in [-0.1, -0.05) is 0 Å². The van der Waals surface area contributed by atoms with Gasteiger partial charge < -0.3 is 9.53 Å². The molecule has 0 N–H and O–H groups in total. The number of fused-ring (bicyclic) bond motifs is 1. The van der Waals surface area contributed by atoms with Crippen LogP contribution in [0.5, 0.6) is 5.75 Å². The van der Waals surface area contributed by atoms with Gasteiger partial charge in [0.15, 0.2) is 5.78 Å². The van der Waals surface area contributed by atoms with E-state index in [0.29, 0.717) is 12.8 Å². The fraction of sp³-hybridized carbons (Fsp3) is 0.467. The molecule has 0 aliphatic heterocycles. The number of ether oxygens (including phenoxy) is 1. The molecule has 0 saturated carbocycles. The minimum Gasteiger partial charge on any atom is -0.497 e. The SMILES string of the molecule is COc1ccc2c(c1)CC[C@H](CCC(C)=O)C2=O. The first-order chi connectivity index (χ1) is 8.61. The molecule has 0 spiro atoms. The number of benzene rings is 1. The van der Waals surface area contributed by atoms with Crippen LogP contribution in [-0.2, 0) is 11.2 Å². The fourth-order valence-electron chi connectivity index (χ4n) is 2.48. The van der Waals surface area contributed by atoms with Crippen LogP contribution < -0.4 is 4.74 Å². The van der Waals surface area contributed by atoms with Crippen molar-refractivity contribution in [3.8, 4) is 5.75 Å². The number of hydrogen-bond acceptors (Lipinski definition) is 3. The second kappa shape index (κ2) is 5.34. The van der Waals surface area contributed by atoms with Gasteiger partial charge in [0.05, 0.1) is 7.11 Å². The van der Waals surface area contributed by atoms with Crippen molar-refractivity contribution in [1.29, 1.82) is 0 Å². The van der Waals surface area contributed by atoms with E-state index in [1.807, 2.05) is 18.2 Å². The average molecular weight is 246 g/mol. The normalized spacial score (nSPS) is 18.3. The van der Waals surface area contributed by atoms with Gasteiger partial charge in [-0.05, 0) is 49.9 Å². The van der Waals surface area contributed by atoms with E-state index in [-0.39, 0.29) is 17.5 Å². The van der Waals surface area contributed by atoms with Gasteiger partial charge in [-0.25, -0.2) is 0 Å². The molecular weight excluding hydrogens is 228 g/mol. The molecule has 2 rings (SSSR count). The van der Waals surface area contributed by atoms with Gasteiger partial charge in [-0.2, -0.15) is 0 Å². The van der Waals surface area contributed by atoms with Gasteiger partial charge in [0.25, 0.3) is 0 Å². The monoisotopic (exact) mass is 246 g/mol. The fourth-order valence-corrected chi connectivity index (χ4v) is 2.48. The lowest BCUT2D eigenvalue weighted by molar-refractivity contribution is -0.117. The molecule has 3 heteroatoms. The van der Waals surface area contributed by atoms with Crippen LogP contribution in [0.3, 0.4) is 0 Å². The van der Waals surface area contributed by atoms with Crippen molar-refractivity contribution < 1.29 is 14.3 Å². The highest BCUT2D eigenvalue weighted by Gasteiger charge is 2.27. The van der Waals surface area contributed by atoms with Gasteiger partial charge in [0.1, 0.15) is 11.5 Å². The third-order valence-electron chi connectivity index (χ3n) is 3.56. The molecule has 1 atom stereocenters. The van der Waals surface area contributed by atoms with Gasteiger partial charge in [0.2, 0.25) is 0 Å². The number of carbonyl (C=O) groups is 2. The van der Waals surface area contributed by atoms with Crippen LogP contribution in [0.15, 0.2) is 18.2 Å². The maximum absolute atomic E-state index is 12.3. The second-order valence-corrected chi connectivity index (χ2v) is 4.86. The summed E-state index contributed by atoms with van der Waals surface area (Å²) in [5.74, 6) is 1.14. The molecule has 96 valence electrons. The Hall–Kier alpha value is -1.64. The predicted octanol–water partition coefficient (Wildman–Crippen LogP) is 2.81. The van der Waals surface area contributed by atoms with Crippen molar-refractivity contribution in [1.82, 2.24) is 0 Å². The van der Waals surface area contributed by atoms with Gasteiger partial charge in [-0.15, -0.1) is 0 Å². The zero-order valence-corrected chi connectivity index (χ0v) is 10.9. The molecule has 0 unspecified atom stereocenters. The summed E-state index contributed by atoms with van der Waals surface area (Å²) < 4.78 is 5.17. The molecule has 1 aromatic carbocycles. The van der Waals surface area contributed by atoms with Gasteiger partial charge in [0, 0.05) is 17.9 Å². The lowest BCUT2D eigenvalue weighted by Gasteiger charge is -2.23. The summed E-state index contributed by atoms with van der Waals surface area (Å²) in [5, 5.41) is 0. The Balaban J connectivity index is 2.15.